The molecule has 3 aromatic rings. The summed E-state index contributed by atoms with van der Waals surface area (Å²) in [7, 11) is -2.13. The number of rotatable bonds is 8. The van der Waals surface area contributed by atoms with Gasteiger partial charge >= 0.3 is 0 Å². The zero-order valence-corrected chi connectivity index (χ0v) is 19.7. The second-order valence-corrected chi connectivity index (χ2v) is 10.0. The second-order valence-electron chi connectivity index (χ2n) is 6.68. The molecule has 0 atom stereocenters. The number of ether oxygens (including phenoxy) is 1. The van der Waals surface area contributed by atoms with Gasteiger partial charge < -0.3 is 10.1 Å². The van der Waals surface area contributed by atoms with E-state index in [-0.39, 0.29) is 24.0 Å². The van der Waals surface area contributed by atoms with Gasteiger partial charge in [0.2, 0.25) is 10.0 Å². The molecule has 0 aliphatic carbocycles. The highest BCUT2D eigenvalue weighted by Crippen LogP contribution is 2.28. The van der Waals surface area contributed by atoms with Gasteiger partial charge in [-0.25, -0.2) is 8.42 Å². The van der Waals surface area contributed by atoms with Crippen LogP contribution in [0, 0.1) is 0 Å². The van der Waals surface area contributed by atoms with E-state index in [4.69, 9.17) is 16.3 Å². The first kappa shape index (κ1) is 23.3. The predicted octanol–water partition coefficient (Wildman–Crippen LogP) is 4.94. The van der Waals surface area contributed by atoms with Gasteiger partial charge in [0.1, 0.15) is 5.75 Å². The number of carbonyl (C=O) groups excluding carboxylic acids is 1. The fourth-order valence-electron chi connectivity index (χ4n) is 2.75. The Morgan fingerprint density at radius 3 is 2.39 bits per heavy atom. The molecular weight excluding hydrogens is 504 g/mol. The van der Waals surface area contributed by atoms with Crippen LogP contribution in [0.15, 0.2) is 82.2 Å². The molecule has 0 saturated heterocycles. The van der Waals surface area contributed by atoms with Crippen LogP contribution < -0.4 is 10.1 Å². The molecule has 0 bridgehead atoms. The smallest absolute Gasteiger partial charge is 0.262 e. The lowest BCUT2D eigenvalue weighted by atomic mass is 10.2. The van der Waals surface area contributed by atoms with E-state index in [2.05, 4.69) is 21.2 Å². The molecule has 3 aromatic carbocycles. The summed E-state index contributed by atoms with van der Waals surface area (Å²) < 4.78 is 33.0. The largest absolute Gasteiger partial charge is 0.483 e. The molecule has 0 aliphatic heterocycles. The van der Waals surface area contributed by atoms with Gasteiger partial charge in [-0.1, -0.05) is 41.9 Å². The first-order valence-corrected chi connectivity index (χ1v) is 11.8. The quantitative estimate of drug-likeness (QED) is 0.454. The topological polar surface area (TPSA) is 75.7 Å². The molecule has 0 radical (unpaired) electrons. The number of anilines is 1. The van der Waals surface area contributed by atoms with E-state index < -0.39 is 10.0 Å². The van der Waals surface area contributed by atoms with Crippen LogP contribution >= 0.6 is 27.5 Å². The summed E-state index contributed by atoms with van der Waals surface area (Å²) in [5, 5.41) is 3.23. The maximum absolute atomic E-state index is 12.8. The van der Waals surface area contributed by atoms with Gasteiger partial charge in [-0.3, -0.25) is 4.79 Å². The van der Waals surface area contributed by atoms with E-state index in [1.165, 1.54) is 23.5 Å². The highest BCUT2D eigenvalue weighted by molar-refractivity contribution is 9.10. The average Bonchev–Trinajstić information content (AvgIpc) is 2.74. The van der Waals surface area contributed by atoms with E-state index in [1.807, 2.05) is 30.3 Å². The number of amides is 1. The lowest BCUT2D eigenvalue weighted by molar-refractivity contribution is -0.118. The summed E-state index contributed by atoms with van der Waals surface area (Å²) in [6.45, 7) is 0.0549. The molecule has 31 heavy (non-hydrogen) atoms. The Morgan fingerprint density at radius 1 is 1.06 bits per heavy atom. The number of nitrogens with zero attached hydrogens (tertiary/aromatic N) is 1. The first-order valence-electron chi connectivity index (χ1n) is 9.24. The summed E-state index contributed by atoms with van der Waals surface area (Å²) in [6, 6.07) is 20.3. The van der Waals surface area contributed by atoms with Crippen molar-refractivity contribution in [3.8, 4) is 5.75 Å². The number of halogens is 2. The zero-order valence-electron chi connectivity index (χ0n) is 16.6. The van der Waals surface area contributed by atoms with Crippen molar-refractivity contribution in [1.29, 1.82) is 0 Å². The third kappa shape index (κ3) is 6.30. The van der Waals surface area contributed by atoms with Crippen molar-refractivity contribution in [3.63, 3.8) is 0 Å². The molecular formula is C22H20BrClN2O4S. The molecule has 0 saturated carbocycles. The molecule has 1 amide bonds. The minimum Gasteiger partial charge on any atom is -0.483 e. The van der Waals surface area contributed by atoms with Crippen LogP contribution in [0.2, 0.25) is 5.02 Å². The Labute approximate surface area is 195 Å². The minimum absolute atomic E-state index is 0.144. The summed E-state index contributed by atoms with van der Waals surface area (Å²) in [5.41, 5.74) is 1.36. The van der Waals surface area contributed by atoms with Crippen LogP contribution in [0.1, 0.15) is 5.56 Å². The average molecular weight is 524 g/mol. The maximum Gasteiger partial charge on any atom is 0.262 e. The van der Waals surface area contributed by atoms with Crippen LogP contribution in [0.4, 0.5) is 5.69 Å². The van der Waals surface area contributed by atoms with E-state index in [0.29, 0.717) is 20.9 Å². The fourth-order valence-corrected chi connectivity index (χ4v) is 4.70. The molecule has 0 aromatic heterocycles. The van der Waals surface area contributed by atoms with Crippen LogP contribution in [0.5, 0.6) is 5.75 Å². The molecule has 0 spiro atoms. The normalized spacial score (nSPS) is 11.4. The molecule has 0 heterocycles. The fraction of sp³-hybridized carbons (Fsp3) is 0.136. The van der Waals surface area contributed by atoms with Crippen LogP contribution in [0.3, 0.4) is 0 Å². The number of nitrogens with one attached hydrogen (secondary N) is 1. The summed E-state index contributed by atoms with van der Waals surface area (Å²) >= 11 is 9.20. The van der Waals surface area contributed by atoms with Crippen molar-refractivity contribution in [2.45, 2.75) is 11.4 Å². The van der Waals surface area contributed by atoms with Gasteiger partial charge in [0.15, 0.2) is 6.61 Å². The number of carbonyl (C=O) groups is 1. The number of hydrogen-bond donors (Lipinski definition) is 1. The molecule has 3 rings (SSSR count). The van der Waals surface area contributed by atoms with Gasteiger partial charge in [0.05, 0.1) is 9.37 Å². The van der Waals surface area contributed by atoms with Crippen molar-refractivity contribution in [1.82, 2.24) is 4.31 Å². The SMILES string of the molecule is CN(Cc1ccccc1)S(=O)(=O)c1ccc(NC(=O)COc2ccc(Cl)cc2Br)cc1. The summed E-state index contributed by atoms with van der Waals surface area (Å²) in [4.78, 5) is 12.3. The number of hydrogen-bond acceptors (Lipinski definition) is 4. The van der Waals surface area contributed by atoms with Crippen molar-refractivity contribution >= 4 is 49.1 Å². The third-order valence-corrected chi connectivity index (χ3v) is 7.02. The van der Waals surface area contributed by atoms with Crippen LogP contribution in [0.25, 0.3) is 0 Å². The lowest BCUT2D eigenvalue weighted by Crippen LogP contribution is -2.26. The maximum atomic E-state index is 12.8. The van der Waals surface area contributed by atoms with Crippen LogP contribution in [-0.4, -0.2) is 32.3 Å². The van der Waals surface area contributed by atoms with E-state index in [0.717, 1.165) is 5.56 Å². The predicted molar refractivity (Wildman–Crippen MR) is 125 cm³/mol. The Hall–Kier alpha value is -2.39. The number of sulfonamides is 1. The minimum atomic E-state index is -3.66. The Balaban J connectivity index is 1.59. The van der Waals surface area contributed by atoms with E-state index in [9.17, 15) is 13.2 Å². The van der Waals surface area contributed by atoms with E-state index >= 15 is 0 Å². The second kappa shape index (κ2) is 10.3. The Morgan fingerprint density at radius 2 is 1.74 bits per heavy atom. The molecule has 6 nitrogen and oxygen atoms in total. The summed E-state index contributed by atoms with van der Waals surface area (Å²) in [6.07, 6.45) is 0. The van der Waals surface area contributed by atoms with Crippen molar-refractivity contribution in [2.24, 2.45) is 0 Å². The Bertz CT molecular complexity index is 1160. The molecule has 0 fully saturated rings. The van der Waals surface area contributed by atoms with Crippen LogP contribution in [-0.2, 0) is 21.4 Å². The van der Waals surface area contributed by atoms with Gasteiger partial charge in [-0.2, -0.15) is 4.31 Å². The highest BCUT2D eigenvalue weighted by Gasteiger charge is 2.21. The molecule has 162 valence electrons. The van der Waals surface area contributed by atoms with Crippen molar-refractivity contribution in [3.05, 3.63) is 87.9 Å². The lowest BCUT2D eigenvalue weighted by Gasteiger charge is -2.17. The van der Waals surface area contributed by atoms with Crippen molar-refractivity contribution < 1.29 is 17.9 Å². The number of benzene rings is 3. The molecule has 1 N–H and O–H groups in total. The summed E-state index contributed by atoms with van der Waals surface area (Å²) in [5.74, 6) is 0.112. The monoisotopic (exact) mass is 522 g/mol. The highest BCUT2D eigenvalue weighted by atomic mass is 79.9. The standard InChI is InChI=1S/C22H20BrClN2O4S/c1-26(14-16-5-3-2-4-6-16)31(28,29)19-10-8-18(9-11-19)25-22(27)15-30-21-12-7-17(24)13-20(21)23/h2-13H,14-15H2,1H3,(H,25,27). The molecule has 0 unspecified atom stereocenters. The van der Waals surface area contributed by atoms with Gasteiger partial charge in [-0.05, 0) is 64.0 Å². The Kier molecular flexibility index (Phi) is 7.72. The van der Waals surface area contributed by atoms with Gasteiger partial charge in [0, 0.05) is 24.3 Å². The molecule has 9 heteroatoms. The molecule has 0 aliphatic rings. The van der Waals surface area contributed by atoms with Crippen molar-refractivity contribution in [2.75, 3.05) is 19.0 Å². The van der Waals surface area contributed by atoms with Gasteiger partial charge in [0.25, 0.3) is 5.91 Å². The van der Waals surface area contributed by atoms with E-state index in [1.54, 1.807) is 30.3 Å². The van der Waals surface area contributed by atoms with Gasteiger partial charge in [-0.15, -0.1) is 0 Å². The third-order valence-electron chi connectivity index (χ3n) is 4.35. The zero-order chi connectivity index (χ0) is 22.4. The first-order chi connectivity index (χ1) is 14.8.